The number of nitrogens with one attached hydrogen (secondary N) is 3. The summed E-state index contributed by atoms with van der Waals surface area (Å²) in [7, 11) is 0. The van der Waals surface area contributed by atoms with Crippen molar-refractivity contribution in [3.05, 3.63) is 29.8 Å². The van der Waals surface area contributed by atoms with Gasteiger partial charge in [-0.05, 0) is 76.2 Å². The molecule has 3 rings (SSSR count). The molecule has 1 aromatic rings. The van der Waals surface area contributed by atoms with Crippen LogP contribution in [0.4, 0.5) is 10.5 Å². The summed E-state index contributed by atoms with van der Waals surface area (Å²) in [5.41, 5.74) is 1.70. The van der Waals surface area contributed by atoms with E-state index in [1.165, 1.54) is 12.8 Å². The summed E-state index contributed by atoms with van der Waals surface area (Å²) in [4.78, 5) is 26.7. The zero-order valence-corrected chi connectivity index (χ0v) is 15.8. The van der Waals surface area contributed by atoms with E-state index in [1.54, 1.807) is 12.1 Å². The van der Waals surface area contributed by atoms with Crippen molar-refractivity contribution < 1.29 is 9.59 Å². The minimum absolute atomic E-state index is 0.0571. The summed E-state index contributed by atoms with van der Waals surface area (Å²) in [6, 6.07) is 7.01. The van der Waals surface area contributed by atoms with Crippen molar-refractivity contribution >= 4 is 17.6 Å². The number of hydrogen-bond acceptors (Lipinski definition) is 3. The Kier molecular flexibility index (Phi) is 5.81. The molecule has 2 aliphatic rings. The van der Waals surface area contributed by atoms with E-state index >= 15 is 0 Å². The predicted octanol–water partition coefficient (Wildman–Crippen LogP) is 2.82. The van der Waals surface area contributed by atoms with Gasteiger partial charge in [0.2, 0.25) is 0 Å². The number of carbonyl (C=O) groups excluding carboxylic acids is 2. The van der Waals surface area contributed by atoms with Crippen LogP contribution in [0.2, 0.25) is 0 Å². The summed E-state index contributed by atoms with van der Waals surface area (Å²) in [6.07, 6.45) is 4.63. The number of piperidine rings is 2. The van der Waals surface area contributed by atoms with Crippen LogP contribution in [0, 0.1) is 5.41 Å². The standard InChI is InChI=1S/C20H30N4O2/c1-15(2)22-19(26)23-17-5-3-4-16(14-17)18(25)24-12-8-20(9-13-24)6-10-21-11-7-20/h3-5,14-15,21H,6-13H2,1-2H3,(H2,22,23,26). The molecule has 6 heteroatoms. The van der Waals surface area contributed by atoms with Crippen molar-refractivity contribution in [2.24, 2.45) is 5.41 Å². The number of carbonyl (C=O) groups is 2. The number of urea groups is 1. The van der Waals surface area contributed by atoms with E-state index in [4.69, 9.17) is 0 Å². The molecule has 3 N–H and O–H groups in total. The predicted molar refractivity (Wildman–Crippen MR) is 103 cm³/mol. The van der Waals surface area contributed by atoms with Crippen molar-refractivity contribution in [2.75, 3.05) is 31.5 Å². The van der Waals surface area contributed by atoms with Gasteiger partial charge in [0.1, 0.15) is 0 Å². The molecular formula is C20H30N4O2. The SMILES string of the molecule is CC(C)NC(=O)Nc1cccc(C(=O)N2CCC3(CCNCC3)CC2)c1. The summed E-state index contributed by atoms with van der Waals surface area (Å²) in [5.74, 6) is 0.0571. The summed E-state index contributed by atoms with van der Waals surface area (Å²) >= 11 is 0. The monoisotopic (exact) mass is 358 g/mol. The Hall–Kier alpha value is -2.08. The fraction of sp³-hybridized carbons (Fsp3) is 0.600. The quantitative estimate of drug-likeness (QED) is 0.778. The molecule has 142 valence electrons. The van der Waals surface area contributed by atoms with Crippen LogP contribution in [-0.4, -0.2) is 49.1 Å². The number of amides is 3. The maximum absolute atomic E-state index is 12.9. The molecule has 0 bridgehead atoms. The molecule has 2 fully saturated rings. The van der Waals surface area contributed by atoms with Gasteiger partial charge in [0, 0.05) is 30.4 Å². The van der Waals surface area contributed by atoms with Crippen LogP contribution in [-0.2, 0) is 0 Å². The number of hydrogen-bond donors (Lipinski definition) is 3. The molecule has 2 aliphatic heterocycles. The van der Waals surface area contributed by atoms with Gasteiger partial charge in [-0.2, -0.15) is 0 Å². The molecule has 0 radical (unpaired) electrons. The van der Waals surface area contributed by atoms with E-state index in [-0.39, 0.29) is 18.0 Å². The maximum Gasteiger partial charge on any atom is 0.319 e. The highest BCUT2D eigenvalue weighted by Crippen LogP contribution is 2.39. The molecule has 1 aromatic carbocycles. The van der Waals surface area contributed by atoms with Gasteiger partial charge in [-0.3, -0.25) is 4.79 Å². The minimum atomic E-state index is -0.254. The molecular weight excluding hydrogens is 328 g/mol. The van der Waals surface area contributed by atoms with Crippen LogP contribution < -0.4 is 16.0 Å². The van der Waals surface area contributed by atoms with Crippen LogP contribution in [0.1, 0.15) is 49.9 Å². The van der Waals surface area contributed by atoms with E-state index < -0.39 is 0 Å². The maximum atomic E-state index is 12.9. The van der Waals surface area contributed by atoms with Gasteiger partial charge >= 0.3 is 6.03 Å². The van der Waals surface area contributed by atoms with Gasteiger partial charge in [-0.25, -0.2) is 4.79 Å². The first kappa shape index (κ1) is 18.7. The Labute approximate surface area is 155 Å². The number of benzene rings is 1. The Balaban J connectivity index is 1.60. The van der Waals surface area contributed by atoms with Crippen LogP contribution in [0.3, 0.4) is 0 Å². The fourth-order valence-electron chi connectivity index (χ4n) is 3.98. The fourth-order valence-corrected chi connectivity index (χ4v) is 3.98. The summed E-state index contributed by atoms with van der Waals surface area (Å²) in [6.45, 7) is 7.66. The first-order valence-electron chi connectivity index (χ1n) is 9.65. The lowest BCUT2D eigenvalue weighted by molar-refractivity contribution is 0.0495. The number of anilines is 1. The van der Waals surface area contributed by atoms with E-state index in [2.05, 4.69) is 16.0 Å². The molecule has 1 spiro atoms. The first-order valence-corrected chi connectivity index (χ1v) is 9.65. The highest BCUT2D eigenvalue weighted by molar-refractivity contribution is 5.97. The molecule has 0 aliphatic carbocycles. The Bertz CT molecular complexity index is 643. The summed E-state index contributed by atoms with van der Waals surface area (Å²) < 4.78 is 0. The van der Waals surface area contributed by atoms with Gasteiger partial charge in [0.25, 0.3) is 5.91 Å². The van der Waals surface area contributed by atoms with Gasteiger partial charge in [-0.15, -0.1) is 0 Å². The topological polar surface area (TPSA) is 73.5 Å². The van der Waals surface area contributed by atoms with E-state index in [9.17, 15) is 9.59 Å². The third-order valence-electron chi connectivity index (χ3n) is 5.56. The van der Waals surface area contributed by atoms with Crippen LogP contribution in [0.25, 0.3) is 0 Å². The van der Waals surface area contributed by atoms with E-state index in [0.29, 0.717) is 16.7 Å². The zero-order valence-electron chi connectivity index (χ0n) is 15.8. The van der Waals surface area contributed by atoms with Crippen molar-refractivity contribution in [1.82, 2.24) is 15.5 Å². The Morgan fingerprint density at radius 2 is 1.81 bits per heavy atom. The number of nitrogens with zero attached hydrogens (tertiary/aromatic N) is 1. The summed E-state index contributed by atoms with van der Waals surface area (Å²) in [5, 5.41) is 9.01. The second-order valence-electron chi connectivity index (χ2n) is 7.88. The molecule has 0 saturated carbocycles. The second-order valence-corrected chi connectivity index (χ2v) is 7.88. The smallest absolute Gasteiger partial charge is 0.319 e. The minimum Gasteiger partial charge on any atom is -0.339 e. The molecule has 0 aromatic heterocycles. The van der Waals surface area contributed by atoms with Crippen LogP contribution in [0.5, 0.6) is 0 Å². The average Bonchev–Trinajstić information content (AvgIpc) is 2.62. The van der Waals surface area contributed by atoms with Crippen molar-refractivity contribution in [1.29, 1.82) is 0 Å². The second kappa shape index (κ2) is 8.08. The van der Waals surface area contributed by atoms with Gasteiger partial charge in [-0.1, -0.05) is 6.07 Å². The molecule has 2 saturated heterocycles. The third kappa shape index (κ3) is 4.55. The van der Waals surface area contributed by atoms with Crippen molar-refractivity contribution in [3.63, 3.8) is 0 Å². The normalized spacial score (nSPS) is 19.4. The number of rotatable bonds is 3. The Morgan fingerprint density at radius 3 is 2.46 bits per heavy atom. The third-order valence-corrected chi connectivity index (χ3v) is 5.56. The van der Waals surface area contributed by atoms with E-state index in [0.717, 1.165) is 39.0 Å². The molecule has 3 amide bonds. The van der Waals surface area contributed by atoms with Gasteiger partial charge in [0.15, 0.2) is 0 Å². The molecule has 2 heterocycles. The van der Waals surface area contributed by atoms with Crippen molar-refractivity contribution in [3.8, 4) is 0 Å². The van der Waals surface area contributed by atoms with E-state index in [1.807, 2.05) is 30.9 Å². The lowest BCUT2D eigenvalue weighted by Crippen LogP contribution is -2.47. The lowest BCUT2D eigenvalue weighted by atomic mass is 9.71. The van der Waals surface area contributed by atoms with Gasteiger partial charge < -0.3 is 20.9 Å². The van der Waals surface area contributed by atoms with Gasteiger partial charge in [0.05, 0.1) is 0 Å². The first-order chi connectivity index (χ1) is 12.5. The highest BCUT2D eigenvalue weighted by atomic mass is 16.2. The Morgan fingerprint density at radius 1 is 1.12 bits per heavy atom. The number of likely N-dealkylation sites (tertiary alicyclic amines) is 1. The molecule has 6 nitrogen and oxygen atoms in total. The zero-order chi connectivity index (χ0) is 18.6. The molecule has 26 heavy (non-hydrogen) atoms. The largest absolute Gasteiger partial charge is 0.339 e. The van der Waals surface area contributed by atoms with Crippen LogP contribution >= 0.6 is 0 Å². The molecule has 0 atom stereocenters. The van der Waals surface area contributed by atoms with Crippen molar-refractivity contribution in [2.45, 2.75) is 45.6 Å². The molecule has 0 unspecified atom stereocenters. The highest BCUT2D eigenvalue weighted by Gasteiger charge is 2.36. The lowest BCUT2D eigenvalue weighted by Gasteiger charge is -2.44. The average molecular weight is 358 g/mol. The van der Waals surface area contributed by atoms with Crippen LogP contribution in [0.15, 0.2) is 24.3 Å².